The van der Waals surface area contributed by atoms with E-state index in [4.69, 9.17) is 0 Å². The third-order valence-corrected chi connectivity index (χ3v) is 2.55. The predicted molar refractivity (Wildman–Crippen MR) is 51.4 cm³/mol. The van der Waals surface area contributed by atoms with Gasteiger partial charge in [0, 0.05) is 18.4 Å². The van der Waals surface area contributed by atoms with Crippen LogP contribution in [0.25, 0.3) is 0 Å². The summed E-state index contributed by atoms with van der Waals surface area (Å²) in [5.74, 6) is 0. The van der Waals surface area contributed by atoms with Crippen molar-refractivity contribution < 1.29 is 0 Å². The fraction of sp³-hybridized carbons (Fsp3) is 0.636. The van der Waals surface area contributed by atoms with Crippen molar-refractivity contribution in [1.29, 1.82) is 0 Å². The highest BCUT2D eigenvalue weighted by Crippen LogP contribution is 2.36. The van der Waals surface area contributed by atoms with Gasteiger partial charge in [-0.3, -0.25) is 0 Å². The van der Waals surface area contributed by atoms with Gasteiger partial charge in [0.2, 0.25) is 0 Å². The highest BCUT2D eigenvalue weighted by atomic mass is 15.0. The highest BCUT2D eigenvalue weighted by Gasteiger charge is 2.24. The molecule has 0 unspecified atom stereocenters. The maximum Gasteiger partial charge on any atom is 0.0332 e. The van der Waals surface area contributed by atoms with Crippen LogP contribution in [0.15, 0.2) is 18.5 Å². The number of rotatable bonds is 1. The summed E-state index contributed by atoms with van der Waals surface area (Å²) in [6.07, 6.45) is 7.27. The van der Waals surface area contributed by atoms with Crippen LogP contribution in [0.2, 0.25) is 0 Å². The van der Waals surface area contributed by atoms with E-state index in [1.54, 1.807) is 0 Å². The lowest BCUT2D eigenvalue weighted by molar-refractivity contribution is 0.586. The van der Waals surface area contributed by atoms with Crippen LogP contribution in [0.5, 0.6) is 0 Å². The Morgan fingerprint density at radius 2 is 2.00 bits per heavy atom. The quantitative estimate of drug-likeness (QED) is 0.599. The van der Waals surface area contributed by atoms with Crippen molar-refractivity contribution in [2.45, 2.75) is 45.1 Å². The van der Waals surface area contributed by atoms with Crippen LogP contribution in [0.4, 0.5) is 0 Å². The fourth-order valence-corrected chi connectivity index (χ4v) is 1.46. The molecule has 0 atom stereocenters. The summed E-state index contributed by atoms with van der Waals surface area (Å²) in [6.45, 7) is 6.79. The molecule has 1 heterocycles. The van der Waals surface area contributed by atoms with Crippen LogP contribution in [-0.4, -0.2) is 4.57 Å². The minimum absolute atomic E-state index is 0.306. The lowest BCUT2D eigenvalue weighted by atomic mass is 9.89. The molecule has 0 aliphatic heterocycles. The molecule has 12 heavy (non-hydrogen) atoms. The summed E-state index contributed by atoms with van der Waals surface area (Å²) >= 11 is 0. The molecule has 0 spiro atoms. The van der Waals surface area contributed by atoms with Gasteiger partial charge in [-0.15, -0.1) is 0 Å². The van der Waals surface area contributed by atoms with Gasteiger partial charge in [-0.05, 0) is 29.9 Å². The normalized spacial score (nSPS) is 18.2. The number of hydrogen-bond donors (Lipinski definition) is 0. The highest BCUT2D eigenvalue weighted by molar-refractivity contribution is 5.20. The fourth-order valence-electron chi connectivity index (χ4n) is 1.46. The minimum atomic E-state index is 0.306. The molecule has 0 aromatic carbocycles. The van der Waals surface area contributed by atoms with Gasteiger partial charge < -0.3 is 4.57 Å². The molecule has 0 amide bonds. The molecular formula is C11H17N. The van der Waals surface area contributed by atoms with Gasteiger partial charge in [0.15, 0.2) is 0 Å². The first-order valence-electron chi connectivity index (χ1n) is 4.75. The monoisotopic (exact) mass is 163 g/mol. The zero-order chi connectivity index (χ0) is 8.77. The Kier molecular flexibility index (Phi) is 1.57. The Morgan fingerprint density at radius 1 is 1.33 bits per heavy atom. The number of hydrogen-bond acceptors (Lipinski definition) is 0. The molecule has 1 aliphatic carbocycles. The molecule has 2 rings (SSSR count). The van der Waals surface area contributed by atoms with E-state index in [0.29, 0.717) is 5.41 Å². The van der Waals surface area contributed by atoms with E-state index in [1.807, 2.05) is 0 Å². The standard InChI is InChI=1S/C11H17N/c1-11(2,3)9-6-7-12(8-9)10-4-5-10/h6-8,10H,4-5H2,1-3H3. The third-order valence-electron chi connectivity index (χ3n) is 2.55. The first-order valence-corrected chi connectivity index (χ1v) is 4.75. The third kappa shape index (κ3) is 1.40. The van der Waals surface area contributed by atoms with Crippen molar-refractivity contribution in [1.82, 2.24) is 4.57 Å². The second kappa shape index (κ2) is 2.38. The lowest BCUT2D eigenvalue weighted by Gasteiger charge is -2.15. The van der Waals surface area contributed by atoms with Gasteiger partial charge in [-0.1, -0.05) is 20.8 Å². The van der Waals surface area contributed by atoms with Crippen LogP contribution in [0.1, 0.15) is 45.2 Å². The molecule has 0 N–H and O–H groups in total. The smallest absolute Gasteiger partial charge is 0.0332 e. The Morgan fingerprint density at radius 3 is 2.42 bits per heavy atom. The molecule has 1 aliphatic rings. The summed E-state index contributed by atoms with van der Waals surface area (Å²) in [4.78, 5) is 0. The van der Waals surface area contributed by atoms with Crippen molar-refractivity contribution in [3.63, 3.8) is 0 Å². The van der Waals surface area contributed by atoms with E-state index in [2.05, 4.69) is 43.8 Å². The van der Waals surface area contributed by atoms with E-state index >= 15 is 0 Å². The van der Waals surface area contributed by atoms with Crippen molar-refractivity contribution in [2.75, 3.05) is 0 Å². The molecule has 0 bridgehead atoms. The Bertz CT molecular complexity index is 273. The number of nitrogens with zero attached hydrogens (tertiary/aromatic N) is 1. The Labute approximate surface area is 74.4 Å². The Hall–Kier alpha value is -0.720. The first-order chi connectivity index (χ1) is 5.57. The van der Waals surface area contributed by atoms with Gasteiger partial charge in [0.05, 0.1) is 0 Å². The summed E-state index contributed by atoms with van der Waals surface area (Å²) in [5, 5.41) is 0. The van der Waals surface area contributed by atoms with Crippen LogP contribution in [0.3, 0.4) is 0 Å². The van der Waals surface area contributed by atoms with Crippen molar-refractivity contribution in [3.05, 3.63) is 24.0 Å². The van der Waals surface area contributed by atoms with Gasteiger partial charge in [-0.25, -0.2) is 0 Å². The minimum Gasteiger partial charge on any atom is -0.351 e. The summed E-state index contributed by atoms with van der Waals surface area (Å²) in [7, 11) is 0. The van der Waals surface area contributed by atoms with Crippen molar-refractivity contribution in [2.24, 2.45) is 0 Å². The molecule has 1 heteroatoms. The van der Waals surface area contributed by atoms with E-state index in [0.717, 1.165) is 6.04 Å². The van der Waals surface area contributed by atoms with Crippen molar-refractivity contribution >= 4 is 0 Å². The first kappa shape index (κ1) is 7.90. The van der Waals surface area contributed by atoms with E-state index in [-0.39, 0.29) is 0 Å². The molecule has 1 fully saturated rings. The van der Waals surface area contributed by atoms with E-state index in [1.165, 1.54) is 18.4 Å². The summed E-state index contributed by atoms with van der Waals surface area (Å²) < 4.78 is 2.36. The molecule has 1 aromatic heterocycles. The molecule has 1 nitrogen and oxygen atoms in total. The SMILES string of the molecule is CC(C)(C)c1ccn(C2CC2)c1. The largest absolute Gasteiger partial charge is 0.351 e. The van der Waals surface area contributed by atoms with Gasteiger partial charge in [0.25, 0.3) is 0 Å². The maximum atomic E-state index is 2.36. The maximum absolute atomic E-state index is 2.36. The van der Waals surface area contributed by atoms with Crippen LogP contribution < -0.4 is 0 Å². The average molecular weight is 163 g/mol. The summed E-state index contributed by atoms with van der Waals surface area (Å²) in [6, 6.07) is 3.07. The second-order valence-corrected chi connectivity index (χ2v) is 4.83. The molecule has 66 valence electrons. The van der Waals surface area contributed by atoms with E-state index < -0.39 is 0 Å². The molecular weight excluding hydrogens is 146 g/mol. The topological polar surface area (TPSA) is 4.93 Å². The Balaban J connectivity index is 2.23. The second-order valence-electron chi connectivity index (χ2n) is 4.83. The van der Waals surface area contributed by atoms with Gasteiger partial charge in [0.1, 0.15) is 0 Å². The molecule has 0 saturated heterocycles. The van der Waals surface area contributed by atoms with Crippen LogP contribution >= 0.6 is 0 Å². The van der Waals surface area contributed by atoms with Gasteiger partial charge in [-0.2, -0.15) is 0 Å². The van der Waals surface area contributed by atoms with Crippen LogP contribution in [-0.2, 0) is 5.41 Å². The van der Waals surface area contributed by atoms with Crippen molar-refractivity contribution in [3.8, 4) is 0 Å². The lowest BCUT2D eigenvalue weighted by Crippen LogP contribution is -2.09. The zero-order valence-electron chi connectivity index (χ0n) is 8.17. The van der Waals surface area contributed by atoms with E-state index in [9.17, 15) is 0 Å². The van der Waals surface area contributed by atoms with Crippen LogP contribution in [0, 0.1) is 0 Å². The molecule has 1 saturated carbocycles. The van der Waals surface area contributed by atoms with Gasteiger partial charge >= 0.3 is 0 Å². The molecule has 1 aromatic rings. The molecule has 0 radical (unpaired) electrons. The predicted octanol–water partition coefficient (Wildman–Crippen LogP) is 3.12. The summed E-state index contributed by atoms with van der Waals surface area (Å²) in [5.41, 5.74) is 1.76. The zero-order valence-corrected chi connectivity index (χ0v) is 8.17. The number of aromatic nitrogens is 1. The average Bonchev–Trinajstić information content (AvgIpc) is 2.66.